The van der Waals surface area contributed by atoms with Crippen molar-refractivity contribution >= 4 is 11.9 Å². The van der Waals surface area contributed by atoms with Crippen LogP contribution in [0.1, 0.15) is 33.1 Å². The van der Waals surface area contributed by atoms with Crippen LogP contribution < -0.4 is 0 Å². The van der Waals surface area contributed by atoms with Gasteiger partial charge in [-0.15, -0.1) is 0 Å². The number of aliphatic hydroxyl groups is 2. The lowest BCUT2D eigenvalue weighted by molar-refractivity contribution is -0.133. The molecule has 0 saturated heterocycles. The third-order valence-electron chi connectivity index (χ3n) is 2.07. The molecule has 6 nitrogen and oxygen atoms in total. The van der Waals surface area contributed by atoms with E-state index in [4.69, 9.17) is 20.4 Å². The minimum Gasteiger partial charge on any atom is -0.478 e. The summed E-state index contributed by atoms with van der Waals surface area (Å²) in [6.07, 6.45) is 4.78. The maximum atomic E-state index is 10.2. The minimum atomic E-state index is -0.927. The Labute approximate surface area is 112 Å². The van der Waals surface area contributed by atoms with Crippen LogP contribution in [0.5, 0.6) is 0 Å². The zero-order chi connectivity index (χ0) is 15.3. The fourth-order valence-electron chi connectivity index (χ4n) is 0.866. The van der Waals surface area contributed by atoms with Crippen molar-refractivity contribution in [3.63, 3.8) is 0 Å². The summed E-state index contributed by atoms with van der Waals surface area (Å²) in [6.45, 7) is 3.16. The van der Waals surface area contributed by atoms with Crippen LogP contribution in [0, 0.1) is 0 Å². The molecule has 0 aromatic heterocycles. The van der Waals surface area contributed by atoms with E-state index in [0.717, 1.165) is 0 Å². The van der Waals surface area contributed by atoms with Gasteiger partial charge in [0.05, 0.1) is 0 Å². The number of hydrogen-bond acceptors (Lipinski definition) is 4. The molecule has 0 atom stereocenters. The van der Waals surface area contributed by atoms with E-state index in [1.807, 2.05) is 0 Å². The zero-order valence-electron chi connectivity index (χ0n) is 11.3. The minimum absolute atomic E-state index is 0.00458. The quantitative estimate of drug-likeness (QED) is 0.409. The summed E-state index contributed by atoms with van der Waals surface area (Å²) in [5.74, 6) is -1.82. The Kier molecular flexibility index (Phi) is 13.2. The van der Waals surface area contributed by atoms with Crippen LogP contribution in [-0.2, 0) is 9.59 Å². The highest BCUT2D eigenvalue weighted by Crippen LogP contribution is 1.97. The summed E-state index contributed by atoms with van der Waals surface area (Å²) in [5, 5.41) is 33.2. The van der Waals surface area contributed by atoms with E-state index in [2.05, 4.69) is 0 Å². The van der Waals surface area contributed by atoms with Gasteiger partial charge in [0.15, 0.2) is 0 Å². The normalized spacial score (nSPS) is 11.6. The Bertz CT molecular complexity index is 330. The maximum Gasteiger partial charge on any atom is 0.330 e. The van der Waals surface area contributed by atoms with Gasteiger partial charge in [-0.1, -0.05) is 12.2 Å². The molecule has 0 amide bonds. The number of rotatable bonds is 7. The van der Waals surface area contributed by atoms with Crippen molar-refractivity contribution in [2.75, 3.05) is 13.2 Å². The van der Waals surface area contributed by atoms with Crippen LogP contribution in [0.4, 0.5) is 0 Å². The number of aliphatic hydroxyl groups excluding tert-OH is 2. The number of carboxylic acid groups (broad SMARTS) is 2. The van der Waals surface area contributed by atoms with E-state index < -0.39 is 11.9 Å². The summed E-state index contributed by atoms with van der Waals surface area (Å²) >= 11 is 0. The summed E-state index contributed by atoms with van der Waals surface area (Å²) in [6, 6.07) is 0. The number of aliphatic carboxylic acids is 2. The van der Waals surface area contributed by atoms with E-state index in [9.17, 15) is 9.59 Å². The van der Waals surface area contributed by atoms with Crippen molar-refractivity contribution in [1.29, 1.82) is 0 Å². The van der Waals surface area contributed by atoms with E-state index in [1.165, 1.54) is 13.0 Å². The van der Waals surface area contributed by atoms with Gasteiger partial charge in [-0.2, -0.15) is 0 Å². The molecular formula is C13H22O6. The highest BCUT2D eigenvalue weighted by atomic mass is 16.4. The number of unbranched alkanes of at least 4 members (excludes halogenated alkanes) is 1. The van der Waals surface area contributed by atoms with Crippen LogP contribution in [0.25, 0.3) is 0 Å². The molecule has 0 aliphatic heterocycles. The van der Waals surface area contributed by atoms with Crippen molar-refractivity contribution < 1.29 is 30.0 Å². The second-order valence-corrected chi connectivity index (χ2v) is 3.76. The fraction of sp³-hybridized carbons (Fsp3) is 0.538. The molecule has 0 heterocycles. The van der Waals surface area contributed by atoms with Gasteiger partial charge in [0.2, 0.25) is 0 Å². The Morgan fingerprint density at radius 1 is 0.842 bits per heavy atom. The lowest BCUT2D eigenvalue weighted by Gasteiger charge is -1.91. The number of carbonyl (C=O) groups is 2. The first kappa shape index (κ1) is 19.7. The molecule has 0 aliphatic carbocycles. The van der Waals surface area contributed by atoms with Gasteiger partial charge in [-0.05, 0) is 33.1 Å². The lowest BCUT2D eigenvalue weighted by Crippen LogP contribution is -1.95. The van der Waals surface area contributed by atoms with Gasteiger partial charge in [-0.3, -0.25) is 0 Å². The highest BCUT2D eigenvalue weighted by Gasteiger charge is 1.97. The molecule has 19 heavy (non-hydrogen) atoms. The predicted molar refractivity (Wildman–Crippen MR) is 70.8 cm³/mol. The summed E-state index contributed by atoms with van der Waals surface area (Å²) in [7, 11) is 0. The number of hydrogen-bond donors (Lipinski definition) is 4. The first-order valence-electron chi connectivity index (χ1n) is 5.88. The molecule has 0 aromatic rings. The summed E-state index contributed by atoms with van der Waals surface area (Å²) in [4.78, 5) is 20.2. The fourth-order valence-corrected chi connectivity index (χ4v) is 0.866. The van der Waals surface area contributed by atoms with Gasteiger partial charge in [0, 0.05) is 24.4 Å². The van der Waals surface area contributed by atoms with Crippen LogP contribution in [-0.4, -0.2) is 45.6 Å². The monoisotopic (exact) mass is 274 g/mol. The van der Waals surface area contributed by atoms with Crippen molar-refractivity contribution in [3.05, 3.63) is 23.3 Å². The Morgan fingerprint density at radius 3 is 1.58 bits per heavy atom. The number of allylic oxidation sites excluding steroid dienone is 1. The largest absolute Gasteiger partial charge is 0.478 e. The molecule has 0 rings (SSSR count). The van der Waals surface area contributed by atoms with Crippen molar-refractivity contribution in [2.24, 2.45) is 0 Å². The van der Waals surface area contributed by atoms with Crippen LogP contribution >= 0.6 is 0 Å². The van der Waals surface area contributed by atoms with Crippen LogP contribution in [0.2, 0.25) is 0 Å². The van der Waals surface area contributed by atoms with Gasteiger partial charge >= 0.3 is 11.9 Å². The highest BCUT2D eigenvalue weighted by molar-refractivity contribution is 5.86. The van der Waals surface area contributed by atoms with Gasteiger partial charge in [0.25, 0.3) is 0 Å². The average Bonchev–Trinajstić information content (AvgIpc) is 2.36. The van der Waals surface area contributed by atoms with Crippen molar-refractivity contribution in [1.82, 2.24) is 0 Å². The van der Waals surface area contributed by atoms with E-state index in [0.29, 0.717) is 24.8 Å². The third kappa shape index (κ3) is 14.3. The molecule has 0 aromatic carbocycles. The molecule has 6 heteroatoms. The van der Waals surface area contributed by atoms with Crippen molar-refractivity contribution in [2.45, 2.75) is 33.1 Å². The Morgan fingerprint density at radius 2 is 1.26 bits per heavy atom. The summed E-state index contributed by atoms with van der Waals surface area (Å²) < 4.78 is 0. The van der Waals surface area contributed by atoms with E-state index >= 15 is 0 Å². The second-order valence-electron chi connectivity index (χ2n) is 3.76. The smallest absolute Gasteiger partial charge is 0.330 e. The average molecular weight is 274 g/mol. The maximum absolute atomic E-state index is 10.2. The van der Waals surface area contributed by atoms with Gasteiger partial charge in [-0.25, -0.2) is 9.59 Å². The molecular weight excluding hydrogens is 252 g/mol. The second kappa shape index (κ2) is 12.8. The first-order valence-corrected chi connectivity index (χ1v) is 5.88. The molecule has 0 saturated carbocycles. The van der Waals surface area contributed by atoms with Gasteiger partial charge < -0.3 is 20.4 Å². The topological polar surface area (TPSA) is 115 Å². The molecule has 0 fully saturated rings. The molecule has 4 N–H and O–H groups in total. The molecule has 0 radical (unpaired) electrons. The van der Waals surface area contributed by atoms with E-state index in [1.54, 1.807) is 13.0 Å². The molecule has 0 unspecified atom stereocenters. The standard InChI is InChI=1S/C7H12O3.C6H10O3/c1-6(7(9)10)4-2-3-5-8;1-5(6(8)9)3-2-4-7/h4,8H,2-3,5H2,1H3,(H,9,10);3,7H,2,4H2,1H3,(H,8,9). The Balaban J connectivity index is 0. The Hall–Kier alpha value is -1.66. The van der Waals surface area contributed by atoms with Gasteiger partial charge in [0.1, 0.15) is 0 Å². The van der Waals surface area contributed by atoms with Crippen molar-refractivity contribution in [3.8, 4) is 0 Å². The molecule has 110 valence electrons. The lowest BCUT2D eigenvalue weighted by atomic mass is 10.2. The first-order chi connectivity index (χ1) is 8.86. The number of carboxylic acids is 2. The SMILES string of the molecule is CC(=CCCCO)C(=O)O.CC(=CCCO)C(=O)O. The van der Waals surface area contributed by atoms with E-state index in [-0.39, 0.29) is 18.8 Å². The zero-order valence-corrected chi connectivity index (χ0v) is 11.3. The molecule has 0 bridgehead atoms. The molecule has 0 aliphatic rings. The van der Waals surface area contributed by atoms with Crippen LogP contribution in [0.3, 0.4) is 0 Å². The molecule has 0 spiro atoms. The van der Waals surface area contributed by atoms with Crippen LogP contribution in [0.15, 0.2) is 23.3 Å². The summed E-state index contributed by atoms with van der Waals surface area (Å²) in [5.41, 5.74) is 0.623. The third-order valence-corrected chi connectivity index (χ3v) is 2.07. The predicted octanol–water partition coefficient (Wildman–Crippen LogP) is 1.19.